The third kappa shape index (κ3) is 3.94. The van der Waals surface area contributed by atoms with Gasteiger partial charge in [-0.05, 0) is 44.1 Å². The van der Waals surface area contributed by atoms with Crippen LogP contribution in [0.2, 0.25) is 0 Å². The minimum Gasteiger partial charge on any atom is -0.462 e. The number of hydrogen-bond donors (Lipinski definition) is 1. The molecule has 0 fully saturated rings. The normalized spacial score (nSPS) is 18.2. The fourth-order valence-electron chi connectivity index (χ4n) is 2.93. The summed E-state index contributed by atoms with van der Waals surface area (Å²) in [5.41, 5.74) is 1.69. The van der Waals surface area contributed by atoms with Crippen molar-refractivity contribution >= 4 is 28.2 Å². The van der Waals surface area contributed by atoms with Crippen LogP contribution in [-0.2, 0) is 22.4 Å². The van der Waals surface area contributed by atoms with Gasteiger partial charge >= 0.3 is 5.97 Å². The zero-order valence-corrected chi connectivity index (χ0v) is 15.3. The first-order valence-electron chi connectivity index (χ1n) is 8.64. The Balaban J connectivity index is 2.34. The number of rotatable bonds is 6. The maximum atomic E-state index is 12.4. The molecule has 0 saturated carbocycles. The van der Waals surface area contributed by atoms with E-state index in [0.717, 1.165) is 37.7 Å². The summed E-state index contributed by atoms with van der Waals surface area (Å²) in [6.07, 6.45) is 4.94. The van der Waals surface area contributed by atoms with Gasteiger partial charge in [-0.15, -0.1) is 11.3 Å². The second kappa shape index (κ2) is 7.95. The van der Waals surface area contributed by atoms with Gasteiger partial charge in [-0.1, -0.05) is 27.2 Å². The predicted molar refractivity (Wildman–Crippen MR) is 94.2 cm³/mol. The van der Waals surface area contributed by atoms with E-state index in [2.05, 4.69) is 12.2 Å². The summed E-state index contributed by atoms with van der Waals surface area (Å²) >= 11 is 1.56. The standard InChI is InChI=1S/C18H27NO3S/c1-5-11(4)16(20)19-17-15(18(21)22-7-3)13-9-8-12(6-2)10-14(13)23-17/h11-12H,5-10H2,1-4H3,(H,19,20)/t11-,12+/m0/s1. The van der Waals surface area contributed by atoms with Crippen LogP contribution in [0.5, 0.6) is 0 Å². The van der Waals surface area contributed by atoms with Crippen LogP contribution in [0.15, 0.2) is 0 Å². The second-order valence-corrected chi connectivity index (χ2v) is 7.35. The third-order valence-corrected chi connectivity index (χ3v) is 5.89. The molecule has 1 amide bonds. The monoisotopic (exact) mass is 337 g/mol. The first kappa shape index (κ1) is 18.0. The minimum absolute atomic E-state index is 0.0244. The Bertz CT molecular complexity index is 579. The molecule has 1 heterocycles. The summed E-state index contributed by atoms with van der Waals surface area (Å²) in [4.78, 5) is 25.9. The lowest BCUT2D eigenvalue weighted by Crippen LogP contribution is -2.21. The Morgan fingerprint density at radius 3 is 2.70 bits per heavy atom. The molecule has 2 rings (SSSR count). The largest absolute Gasteiger partial charge is 0.462 e. The number of carbonyl (C=O) groups excluding carboxylic acids is 2. The minimum atomic E-state index is -0.306. The zero-order chi connectivity index (χ0) is 17.0. The van der Waals surface area contributed by atoms with Crippen molar-refractivity contribution < 1.29 is 14.3 Å². The van der Waals surface area contributed by atoms with Gasteiger partial charge in [-0.25, -0.2) is 4.79 Å². The topological polar surface area (TPSA) is 55.4 Å². The van der Waals surface area contributed by atoms with Crippen LogP contribution in [0.25, 0.3) is 0 Å². The first-order valence-corrected chi connectivity index (χ1v) is 9.45. The average Bonchev–Trinajstić information content (AvgIpc) is 2.90. The molecule has 0 radical (unpaired) electrons. The molecule has 1 aliphatic carbocycles. The molecule has 2 atom stereocenters. The fourth-order valence-corrected chi connectivity index (χ4v) is 4.28. The number of esters is 1. The van der Waals surface area contributed by atoms with Crippen LogP contribution in [0.4, 0.5) is 5.00 Å². The van der Waals surface area contributed by atoms with E-state index in [0.29, 0.717) is 23.1 Å². The van der Waals surface area contributed by atoms with Gasteiger partial charge in [0.15, 0.2) is 0 Å². The van der Waals surface area contributed by atoms with Crippen LogP contribution >= 0.6 is 11.3 Å². The first-order chi connectivity index (χ1) is 11.0. The van der Waals surface area contributed by atoms with Gasteiger partial charge < -0.3 is 10.1 Å². The van der Waals surface area contributed by atoms with Gasteiger partial charge in [0.05, 0.1) is 12.2 Å². The third-order valence-electron chi connectivity index (χ3n) is 4.72. The van der Waals surface area contributed by atoms with E-state index in [9.17, 15) is 9.59 Å². The van der Waals surface area contributed by atoms with E-state index in [4.69, 9.17) is 4.74 Å². The Morgan fingerprint density at radius 2 is 2.09 bits per heavy atom. The van der Waals surface area contributed by atoms with Crippen LogP contribution in [-0.4, -0.2) is 18.5 Å². The zero-order valence-electron chi connectivity index (χ0n) is 14.5. The Labute approximate surface area is 142 Å². The van der Waals surface area contributed by atoms with Gasteiger partial charge in [0.2, 0.25) is 5.91 Å². The molecule has 0 aliphatic heterocycles. The molecule has 0 unspecified atom stereocenters. The van der Waals surface area contributed by atoms with Crippen LogP contribution in [0.3, 0.4) is 0 Å². The number of carbonyl (C=O) groups is 2. The average molecular weight is 337 g/mol. The molecule has 1 aromatic rings. The Hall–Kier alpha value is -1.36. The van der Waals surface area contributed by atoms with Crippen molar-refractivity contribution in [3.05, 3.63) is 16.0 Å². The summed E-state index contributed by atoms with van der Waals surface area (Å²) in [5.74, 6) is 0.282. The van der Waals surface area contributed by atoms with Gasteiger partial charge in [0.1, 0.15) is 5.00 Å². The molecule has 1 aromatic heterocycles. The SMILES string of the molecule is CCOC(=O)c1c(NC(=O)[C@@H](C)CC)sc2c1CC[C@@H](CC)C2. The second-order valence-electron chi connectivity index (χ2n) is 6.24. The molecule has 23 heavy (non-hydrogen) atoms. The van der Waals surface area contributed by atoms with Gasteiger partial charge in [0.25, 0.3) is 0 Å². The molecule has 0 aromatic carbocycles. The highest BCUT2D eigenvalue weighted by atomic mass is 32.1. The lowest BCUT2D eigenvalue weighted by molar-refractivity contribution is -0.119. The molecular weight excluding hydrogens is 310 g/mol. The lowest BCUT2D eigenvalue weighted by Gasteiger charge is -2.21. The number of thiophene rings is 1. The summed E-state index contributed by atoms with van der Waals surface area (Å²) in [7, 11) is 0. The maximum Gasteiger partial charge on any atom is 0.341 e. The van der Waals surface area contributed by atoms with E-state index in [1.54, 1.807) is 18.3 Å². The van der Waals surface area contributed by atoms with Crippen molar-refractivity contribution in [1.29, 1.82) is 0 Å². The molecule has 4 nitrogen and oxygen atoms in total. The molecule has 1 N–H and O–H groups in total. The lowest BCUT2D eigenvalue weighted by atomic mass is 9.85. The van der Waals surface area contributed by atoms with Crippen molar-refractivity contribution in [2.24, 2.45) is 11.8 Å². The van der Waals surface area contributed by atoms with Crippen molar-refractivity contribution in [2.75, 3.05) is 11.9 Å². The van der Waals surface area contributed by atoms with E-state index < -0.39 is 0 Å². The van der Waals surface area contributed by atoms with Crippen molar-refractivity contribution in [1.82, 2.24) is 0 Å². The van der Waals surface area contributed by atoms with E-state index in [-0.39, 0.29) is 17.8 Å². The van der Waals surface area contributed by atoms with Gasteiger partial charge in [-0.2, -0.15) is 0 Å². The molecule has 0 saturated heterocycles. The quantitative estimate of drug-likeness (QED) is 0.782. The highest BCUT2D eigenvalue weighted by Gasteiger charge is 2.30. The summed E-state index contributed by atoms with van der Waals surface area (Å²) < 4.78 is 5.23. The van der Waals surface area contributed by atoms with Crippen molar-refractivity contribution in [3.8, 4) is 0 Å². The molecule has 128 valence electrons. The maximum absolute atomic E-state index is 12.4. The summed E-state index contributed by atoms with van der Waals surface area (Å²) in [5, 5.41) is 3.65. The Kier molecular flexibility index (Phi) is 6.22. The molecule has 5 heteroatoms. The summed E-state index contributed by atoms with van der Waals surface area (Å²) in [6.45, 7) is 8.25. The van der Waals surface area contributed by atoms with Crippen LogP contribution < -0.4 is 5.32 Å². The fraction of sp³-hybridized carbons (Fsp3) is 0.667. The van der Waals surface area contributed by atoms with Crippen molar-refractivity contribution in [3.63, 3.8) is 0 Å². The van der Waals surface area contributed by atoms with Crippen LogP contribution in [0.1, 0.15) is 67.8 Å². The van der Waals surface area contributed by atoms with E-state index in [1.165, 1.54) is 4.88 Å². The van der Waals surface area contributed by atoms with Gasteiger partial charge in [0, 0.05) is 10.8 Å². The van der Waals surface area contributed by atoms with Crippen LogP contribution in [0, 0.1) is 11.8 Å². The molecule has 0 spiro atoms. The smallest absolute Gasteiger partial charge is 0.341 e. The number of amides is 1. The molecule has 1 aliphatic rings. The highest BCUT2D eigenvalue weighted by molar-refractivity contribution is 7.17. The highest BCUT2D eigenvalue weighted by Crippen LogP contribution is 2.41. The van der Waals surface area contributed by atoms with Gasteiger partial charge in [-0.3, -0.25) is 4.79 Å². The molecule has 0 bridgehead atoms. The number of anilines is 1. The number of hydrogen-bond acceptors (Lipinski definition) is 4. The van der Waals surface area contributed by atoms with E-state index in [1.807, 2.05) is 13.8 Å². The van der Waals surface area contributed by atoms with Crippen molar-refractivity contribution in [2.45, 2.75) is 59.8 Å². The number of nitrogens with one attached hydrogen (secondary N) is 1. The number of ether oxygens (including phenoxy) is 1. The van der Waals surface area contributed by atoms with E-state index >= 15 is 0 Å². The predicted octanol–water partition coefficient (Wildman–Crippen LogP) is 4.42. The molecular formula is C18H27NO3S. The Morgan fingerprint density at radius 1 is 1.35 bits per heavy atom. The number of fused-ring (bicyclic) bond motifs is 1. The summed E-state index contributed by atoms with van der Waals surface area (Å²) in [6, 6.07) is 0.